The van der Waals surface area contributed by atoms with Crippen LogP contribution < -0.4 is 4.74 Å². The van der Waals surface area contributed by atoms with Crippen LogP contribution in [0.5, 0.6) is 5.75 Å². The number of nitrogens with zero attached hydrogens (tertiary/aromatic N) is 1. The Morgan fingerprint density at radius 3 is 2.50 bits per heavy atom. The SMILES string of the molecule is CCOC(=O)C1CCN(CCCCOc2ccc(F)cc2)CC1.Cl. The van der Waals surface area contributed by atoms with Crippen LogP contribution in [0.1, 0.15) is 32.6 Å². The molecule has 6 heteroatoms. The fourth-order valence-corrected chi connectivity index (χ4v) is 2.81. The third-order valence-electron chi connectivity index (χ3n) is 4.16. The lowest BCUT2D eigenvalue weighted by atomic mass is 9.97. The summed E-state index contributed by atoms with van der Waals surface area (Å²) in [6.45, 7) is 5.91. The minimum absolute atomic E-state index is 0. The normalized spacial score (nSPS) is 15.6. The molecule has 136 valence electrons. The van der Waals surface area contributed by atoms with E-state index in [9.17, 15) is 9.18 Å². The summed E-state index contributed by atoms with van der Waals surface area (Å²) in [5, 5.41) is 0. The fourth-order valence-electron chi connectivity index (χ4n) is 2.81. The molecule has 1 aliphatic rings. The number of rotatable bonds is 8. The van der Waals surface area contributed by atoms with Crippen LogP contribution in [0.3, 0.4) is 0 Å². The molecule has 0 spiro atoms. The number of ether oxygens (including phenoxy) is 2. The van der Waals surface area contributed by atoms with Gasteiger partial charge in [-0.05, 0) is 76.5 Å². The molecule has 0 aromatic heterocycles. The summed E-state index contributed by atoms with van der Waals surface area (Å²) in [4.78, 5) is 14.1. The van der Waals surface area contributed by atoms with Gasteiger partial charge in [-0.25, -0.2) is 4.39 Å². The van der Waals surface area contributed by atoms with Crippen molar-refractivity contribution in [2.45, 2.75) is 32.6 Å². The molecule has 1 aromatic carbocycles. The monoisotopic (exact) mass is 359 g/mol. The highest BCUT2D eigenvalue weighted by Crippen LogP contribution is 2.19. The van der Waals surface area contributed by atoms with Crippen LogP contribution in [0.4, 0.5) is 4.39 Å². The molecule has 2 rings (SSSR count). The second-order valence-electron chi connectivity index (χ2n) is 5.88. The van der Waals surface area contributed by atoms with Gasteiger partial charge >= 0.3 is 5.97 Å². The van der Waals surface area contributed by atoms with Crippen molar-refractivity contribution in [3.05, 3.63) is 30.1 Å². The van der Waals surface area contributed by atoms with Gasteiger partial charge in [0, 0.05) is 0 Å². The molecular weight excluding hydrogens is 333 g/mol. The maximum Gasteiger partial charge on any atom is 0.309 e. The first-order valence-electron chi connectivity index (χ1n) is 8.46. The molecule has 1 heterocycles. The summed E-state index contributed by atoms with van der Waals surface area (Å²) in [5.74, 6) is 0.498. The second-order valence-corrected chi connectivity index (χ2v) is 5.88. The van der Waals surface area contributed by atoms with Gasteiger partial charge in [0.15, 0.2) is 0 Å². The van der Waals surface area contributed by atoms with E-state index in [1.807, 2.05) is 6.92 Å². The molecule has 1 aliphatic heterocycles. The summed E-state index contributed by atoms with van der Waals surface area (Å²) in [5.41, 5.74) is 0. The number of hydrogen-bond acceptors (Lipinski definition) is 4. The maximum absolute atomic E-state index is 12.8. The molecule has 1 aromatic rings. The predicted molar refractivity (Wildman–Crippen MR) is 94.2 cm³/mol. The highest BCUT2D eigenvalue weighted by atomic mass is 35.5. The third-order valence-corrected chi connectivity index (χ3v) is 4.16. The van der Waals surface area contributed by atoms with Gasteiger partial charge in [-0.1, -0.05) is 0 Å². The van der Waals surface area contributed by atoms with Crippen LogP contribution in [-0.2, 0) is 9.53 Å². The zero-order valence-electron chi connectivity index (χ0n) is 14.2. The Morgan fingerprint density at radius 2 is 1.88 bits per heavy atom. The Morgan fingerprint density at radius 1 is 1.21 bits per heavy atom. The van der Waals surface area contributed by atoms with Crippen LogP contribution >= 0.6 is 12.4 Å². The number of carbonyl (C=O) groups excluding carboxylic acids is 1. The summed E-state index contributed by atoms with van der Waals surface area (Å²) < 4.78 is 23.4. The fraction of sp³-hybridized carbons (Fsp3) is 0.611. The zero-order valence-corrected chi connectivity index (χ0v) is 15.0. The summed E-state index contributed by atoms with van der Waals surface area (Å²) in [6.07, 6.45) is 3.82. The average Bonchev–Trinajstić information content (AvgIpc) is 2.57. The van der Waals surface area contributed by atoms with Crippen molar-refractivity contribution < 1.29 is 18.7 Å². The number of unbranched alkanes of at least 4 members (excludes halogenated alkanes) is 1. The van der Waals surface area contributed by atoms with E-state index in [2.05, 4.69) is 4.90 Å². The number of likely N-dealkylation sites (tertiary alicyclic amines) is 1. The third kappa shape index (κ3) is 7.05. The minimum Gasteiger partial charge on any atom is -0.494 e. The van der Waals surface area contributed by atoms with Crippen molar-refractivity contribution in [2.24, 2.45) is 5.92 Å². The molecule has 0 atom stereocenters. The summed E-state index contributed by atoms with van der Waals surface area (Å²) in [6, 6.07) is 6.11. The number of piperidine rings is 1. The van der Waals surface area contributed by atoms with Crippen molar-refractivity contribution in [3.8, 4) is 5.75 Å². The zero-order chi connectivity index (χ0) is 16.5. The van der Waals surface area contributed by atoms with Crippen LogP contribution in [0, 0.1) is 11.7 Å². The summed E-state index contributed by atoms with van der Waals surface area (Å²) in [7, 11) is 0. The first-order valence-corrected chi connectivity index (χ1v) is 8.46. The van der Waals surface area contributed by atoms with Crippen LogP contribution in [0.2, 0.25) is 0 Å². The molecule has 24 heavy (non-hydrogen) atoms. The molecule has 0 radical (unpaired) electrons. The largest absolute Gasteiger partial charge is 0.494 e. The number of hydrogen-bond donors (Lipinski definition) is 0. The molecule has 0 unspecified atom stereocenters. The van der Waals surface area contributed by atoms with Crippen molar-refractivity contribution in [1.29, 1.82) is 0 Å². The van der Waals surface area contributed by atoms with Gasteiger partial charge in [-0.2, -0.15) is 0 Å². The summed E-state index contributed by atoms with van der Waals surface area (Å²) >= 11 is 0. The van der Waals surface area contributed by atoms with Crippen molar-refractivity contribution >= 4 is 18.4 Å². The minimum atomic E-state index is -0.247. The average molecular weight is 360 g/mol. The van der Waals surface area contributed by atoms with Crippen LogP contribution in [0.25, 0.3) is 0 Å². The van der Waals surface area contributed by atoms with Gasteiger partial charge in [-0.3, -0.25) is 4.79 Å². The number of esters is 1. The Hall–Kier alpha value is -1.33. The van der Waals surface area contributed by atoms with Gasteiger partial charge in [0.2, 0.25) is 0 Å². The lowest BCUT2D eigenvalue weighted by molar-refractivity contribution is -0.149. The molecule has 1 saturated heterocycles. The first-order chi connectivity index (χ1) is 11.2. The van der Waals surface area contributed by atoms with Gasteiger partial charge < -0.3 is 14.4 Å². The van der Waals surface area contributed by atoms with E-state index in [-0.39, 0.29) is 30.1 Å². The van der Waals surface area contributed by atoms with Crippen molar-refractivity contribution in [2.75, 3.05) is 32.8 Å². The second kappa shape index (κ2) is 11.3. The lowest BCUT2D eigenvalue weighted by Gasteiger charge is -2.30. The van der Waals surface area contributed by atoms with Crippen LogP contribution in [-0.4, -0.2) is 43.7 Å². The number of carbonyl (C=O) groups is 1. The standard InChI is InChI=1S/C18H26FNO3.ClH/c1-2-22-18(21)15-9-12-20(13-10-15)11-3-4-14-23-17-7-5-16(19)6-8-17;/h5-8,15H,2-4,9-14H2,1H3;1H. The van der Waals surface area contributed by atoms with Crippen LogP contribution in [0.15, 0.2) is 24.3 Å². The molecule has 1 fully saturated rings. The highest BCUT2D eigenvalue weighted by Gasteiger charge is 2.25. The molecule has 0 bridgehead atoms. The van der Waals surface area contributed by atoms with Gasteiger partial charge in [0.05, 0.1) is 19.1 Å². The topological polar surface area (TPSA) is 38.8 Å². The van der Waals surface area contributed by atoms with E-state index < -0.39 is 0 Å². The first kappa shape index (κ1) is 20.7. The Bertz CT molecular complexity index is 476. The molecular formula is C18H27ClFNO3. The van der Waals surface area contributed by atoms with E-state index in [0.717, 1.165) is 45.3 Å². The van der Waals surface area contributed by atoms with Gasteiger partial charge in [-0.15, -0.1) is 12.4 Å². The predicted octanol–water partition coefficient (Wildman–Crippen LogP) is 3.68. The number of benzene rings is 1. The Kier molecular flexibility index (Phi) is 9.72. The smallest absolute Gasteiger partial charge is 0.309 e. The lowest BCUT2D eigenvalue weighted by Crippen LogP contribution is -2.37. The van der Waals surface area contributed by atoms with E-state index in [4.69, 9.17) is 9.47 Å². The molecule has 4 nitrogen and oxygen atoms in total. The van der Waals surface area contributed by atoms with Gasteiger partial charge in [0.1, 0.15) is 11.6 Å². The van der Waals surface area contributed by atoms with E-state index in [0.29, 0.717) is 19.0 Å². The molecule has 0 saturated carbocycles. The highest BCUT2D eigenvalue weighted by molar-refractivity contribution is 5.85. The molecule has 0 amide bonds. The Labute approximate surface area is 149 Å². The van der Waals surface area contributed by atoms with E-state index >= 15 is 0 Å². The maximum atomic E-state index is 12.8. The quantitative estimate of drug-likeness (QED) is 0.524. The van der Waals surface area contributed by atoms with Crippen molar-refractivity contribution in [1.82, 2.24) is 4.90 Å². The van der Waals surface area contributed by atoms with Gasteiger partial charge in [0.25, 0.3) is 0 Å². The Balaban J connectivity index is 0.00000288. The van der Waals surface area contributed by atoms with Crippen molar-refractivity contribution in [3.63, 3.8) is 0 Å². The van der Waals surface area contributed by atoms with E-state index in [1.54, 1.807) is 12.1 Å². The molecule has 0 N–H and O–H groups in total. The number of halogens is 2. The molecule has 0 aliphatic carbocycles. The van der Waals surface area contributed by atoms with E-state index in [1.165, 1.54) is 12.1 Å².